The van der Waals surface area contributed by atoms with Gasteiger partial charge >= 0.3 is 0 Å². The van der Waals surface area contributed by atoms with Crippen LogP contribution in [0.2, 0.25) is 0 Å². The number of nitrogens with one attached hydrogen (secondary N) is 1. The number of methoxy groups -OCH3 is 1. The minimum absolute atomic E-state index is 0.0394. The van der Waals surface area contributed by atoms with Gasteiger partial charge in [0.15, 0.2) is 0 Å². The molecule has 0 fully saturated rings. The lowest BCUT2D eigenvalue weighted by Gasteiger charge is -2.02. The first-order valence-corrected chi connectivity index (χ1v) is 3.77. The normalized spacial score (nSPS) is 13.9. The standard InChI is InChI=1S/C9H9NO2/c1-12-7-4-2-3-6-5-10-9(11)8(6)7/h2-4H,5H2,1H3,(H,10,11). The van der Waals surface area contributed by atoms with E-state index in [1.165, 1.54) is 0 Å². The maximum atomic E-state index is 11.3. The fraction of sp³-hybridized carbons (Fsp3) is 0.222. The molecule has 0 saturated heterocycles. The SMILES string of the molecule is COc1cccc2c1C(=O)NC2. The van der Waals surface area contributed by atoms with Crippen LogP contribution in [0.15, 0.2) is 18.2 Å². The third-order valence-electron chi connectivity index (χ3n) is 2.00. The Hall–Kier alpha value is -1.51. The summed E-state index contributed by atoms with van der Waals surface area (Å²) in [7, 11) is 1.57. The monoisotopic (exact) mass is 163 g/mol. The predicted molar refractivity (Wildman–Crippen MR) is 44.2 cm³/mol. The third kappa shape index (κ3) is 0.863. The minimum Gasteiger partial charge on any atom is -0.496 e. The summed E-state index contributed by atoms with van der Waals surface area (Å²) < 4.78 is 5.07. The smallest absolute Gasteiger partial charge is 0.255 e. The second-order valence-electron chi connectivity index (χ2n) is 2.68. The van der Waals surface area contributed by atoms with Crippen LogP contribution < -0.4 is 10.1 Å². The molecule has 3 heteroatoms. The Labute approximate surface area is 70.3 Å². The predicted octanol–water partition coefficient (Wildman–Crippen LogP) is 0.939. The van der Waals surface area contributed by atoms with Crippen molar-refractivity contribution in [1.82, 2.24) is 5.32 Å². The maximum Gasteiger partial charge on any atom is 0.255 e. The molecule has 0 atom stereocenters. The van der Waals surface area contributed by atoms with Crippen molar-refractivity contribution in [2.75, 3.05) is 7.11 Å². The molecule has 1 N–H and O–H groups in total. The molecule has 0 unspecified atom stereocenters. The molecule has 1 aromatic carbocycles. The van der Waals surface area contributed by atoms with Crippen molar-refractivity contribution in [3.05, 3.63) is 29.3 Å². The summed E-state index contributed by atoms with van der Waals surface area (Å²) in [6, 6.07) is 5.61. The topological polar surface area (TPSA) is 38.3 Å². The molecular weight excluding hydrogens is 154 g/mol. The molecule has 1 amide bonds. The quantitative estimate of drug-likeness (QED) is 0.669. The van der Waals surface area contributed by atoms with Crippen LogP contribution >= 0.6 is 0 Å². The van der Waals surface area contributed by atoms with E-state index in [1.54, 1.807) is 13.2 Å². The van der Waals surface area contributed by atoms with E-state index in [0.29, 0.717) is 17.9 Å². The van der Waals surface area contributed by atoms with Crippen molar-refractivity contribution in [3.8, 4) is 5.75 Å². The Bertz CT molecular complexity index is 333. The van der Waals surface area contributed by atoms with Gasteiger partial charge in [0.2, 0.25) is 0 Å². The summed E-state index contributed by atoms with van der Waals surface area (Å²) in [5.74, 6) is 0.616. The van der Waals surface area contributed by atoms with E-state index in [-0.39, 0.29) is 5.91 Å². The van der Waals surface area contributed by atoms with Gasteiger partial charge in [0.25, 0.3) is 5.91 Å². The molecule has 0 radical (unpaired) electrons. The lowest BCUT2D eigenvalue weighted by Crippen LogP contribution is -2.13. The Kier molecular flexibility index (Phi) is 1.50. The molecular formula is C9H9NO2. The molecule has 1 aliphatic heterocycles. The van der Waals surface area contributed by atoms with Gasteiger partial charge in [0, 0.05) is 6.54 Å². The maximum absolute atomic E-state index is 11.3. The highest BCUT2D eigenvalue weighted by atomic mass is 16.5. The first kappa shape index (κ1) is 7.16. The molecule has 0 bridgehead atoms. The molecule has 0 aliphatic carbocycles. The minimum atomic E-state index is -0.0394. The molecule has 0 saturated carbocycles. The van der Waals surface area contributed by atoms with Crippen molar-refractivity contribution in [2.45, 2.75) is 6.54 Å². The van der Waals surface area contributed by atoms with E-state index in [9.17, 15) is 4.79 Å². The first-order valence-electron chi connectivity index (χ1n) is 3.77. The second kappa shape index (κ2) is 2.52. The number of ether oxygens (including phenoxy) is 1. The molecule has 2 rings (SSSR count). The van der Waals surface area contributed by atoms with Gasteiger partial charge in [-0.3, -0.25) is 4.79 Å². The third-order valence-corrected chi connectivity index (χ3v) is 2.00. The van der Waals surface area contributed by atoms with E-state index < -0.39 is 0 Å². The molecule has 3 nitrogen and oxygen atoms in total. The Morgan fingerprint density at radius 3 is 3.08 bits per heavy atom. The van der Waals surface area contributed by atoms with E-state index in [0.717, 1.165) is 5.56 Å². The number of carbonyl (C=O) groups is 1. The molecule has 12 heavy (non-hydrogen) atoms. The number of rotatable bonds is 1. The zero-order valence-corrected chi connectivity index (χ0v) is 6.76. The van der Waals surface area contributed by atoms with Crippen molar-refractivity contribution in [3.63, 3.8) is 0 Å². The molecule has 0 aromatic heterocycles. The fourth-order valence-corrected chi connectivity index (χ4v) is 1.42. The largest absolute Gasteiger partial charge is 0.496 e. The van der Waals surface area contributed by atoms with Crippen molar-refractivity contribution >= 4 is 5.91 Å². The summed E-state index contributed by atoms with van der Waals surface area (Å²) >= 11 is 0. The highest BCUT2D eigenvalue weighted by Gasteiger charge is 2.22. The number of hydrogen-bond acceptors (Lipinski definition) is 2. The number of benzene rings is 1. The van der Waals surface area contributed by atoms with Crippen LogP contribution in [0.1, 0.15) is 15.9 Å². The van der Waals surface area contributed by atoms with Crippen molar-refractivity contribution in [2.24, 2.45) is 0 Å². The molecule has 1 heterocycles. The first-order chi connectivity index (χ1) is 5.83. The van der Waals surface area contributed by atoms with Gasteiger partial charge in [-0.05, 0) is 11.6 Å². The molecule has 1 aliphatic rings. The van der Waals surface area contributed by atoms with Gasteiger partial charge in [-0.15, -0.1) is 0 Å². The average Bonchev–Trinajstić information content (AvgIpc) is 2.48. The van der Waals surface area contributed by atoms with Gasteiger partial charge in [-0.1, -0.05) is 12.1 Å². The molecule has 0 spiro atoms. The van der Waals surface area contributed by atoms with Gasteiger partial charge in [-0.2, -0.15) is 0 Å². The second-order valence-corrected chi connectivity index (χ2v) is 2.68. The van der Waals surface area contributed by atoms with E-state index in [2.05, 4.69) is 5.32 Å². The van der Waals surface area contributed by atoms with Crippen molar-refractivity contribution < 1.29 is 9.53 Å². The number of amides is 1. The lowest BCUT2D eigenvalue weighted by molar-refractivity contribution is 0.0963. The van der Waals surface area contributed by atoms with Gasteiger partial charge < -0.3 is 10.1 Å². The van der Waals surface area contributed by atoms with Crippen LogP contribution in [0.4, 0.5) is 0 Å². The summed E-state index contributed by atoms with van der Waals surface area (Å²) in [5, 5.41) is 2.74. The highest BCUT2D eigenvalue weighted by molar-refractivity contribution is 6.00. The fourth-order valence-electron chi connectivity index (χ4n) is 1.42. The number of carbonyl (C=O) groups excluding carboxylic acids is 1. The summed E-state index contributed by atoms with van der Waals surface area (Å²) in [5.41, 5.74) is 1.69. The van der Waals surface area contributed by atoms with Crippen LogP contribution in [-0.4, -0.2) is 13.0 Å². The van der Waals surface area contributed by atoms with Crippen LogP contribution in [0.3, 0.4) is 0 Å². The van der Waals surface area contributed by atoms with Gasteiger partial charge in [0.1, 0.15) is 5.75 Å². The van der Waals surface area contributed by atoms with Gasteiger partial charge in [-0.25, -0.2) is 0 Å². The van der Waals surface area contributed by atoms with E-state index in [4.69, 9.17) is 4.74 Å². The number of hydrogen-bond donors (Lipinski definition) is 1. The van der Waals surface area contributed by atoms with E-state index >= 15 is 0 Å². The Morgan fingerprint density at radius 1 is 1.50 bits per heavy atom. The zero-order valence-electron chi connectivity index (χ0n) is 6.76. The Balaban J connectivity index is 2.60. The zero-order chi connectivity index (χ0) is 8.55. The summed E-state index contributed by atoms with van der Waals surface area (Å²) in [6.45, 7) is 0.616. The summed E-state index contributed by atoms with van der Waals surface area (Å²) in [6.07, 6.45) is 0. The Morgan fingerprint density at radius 2 is 2.33 bits per heavy atom. The van der Waals surface area contributed by atoms with Crippen LogP contribution in [-0.2, 0) is 6.54 Å². The molecule has 62 valence electrons. The van der Waals surface area contributed by atoms with Crippen LogP contribution in [0, 0.1) is 0 Å². The lowest BCUT2D eigenvalue weighted by atomic mass is 10.1. The van der Waals surface area contributed by atoms with Crippen LogP contribution in [0.5, 0.6) is 5.75 Å². The highest BCUT2D eigenvalue weighted by Crippen LogP contribution is 2.25. The average molecular weight is 163 g/mol. The van der Waals surface area contributed by atoms with Gasteiger partial charge in [0.05, 0.1) is 12.7 Å². The van der Waals surface area contributed by atoms with Crippen molar-refractivity contribution in [1.29, 1.82) is 0 Å². The van der Waals surface area contributed by atoms with E-state index in [1.807, 2.05) is 12.1 Å². The summed E-state index contributed by atoms with van der Waals surface area (Å²) in [4.78, 5) is 11.3. The van der Waals surface area contributed by atoms with Crippen LogP contribution in [0.25, 0.3) is 0 Å². The number of fused-ring (bicyclic) bond motifs is 1. The molecule has 1 aromatic rings.